The van der Waals surface area contributed by atoms with Crippen LogP contribution in [0.4, 0.5) is 0 Å². The fraction of sp³-hybridized carbons (Fsp3) is 0.938. The lowest BCUT2D eigenvalue weighted by Crippen LogP contribution is -2.49. The van der Waals surface area contributed by atoms with Crippen LogP contribution in [0.1, 0.15) is 64.7 Å². The van der Waals surface area contributed by atoms with Crippen LogP contribution in [-0.4, -0.2) is 40.5 Å². The van der Waals surface area contributed by atoms with E-state index in [1.165, 1.54) is 51.5 Å². The highest BCUT2D eigenvalue weighted by molar-refractivity contribution is 8.02. The zero-order valence-corrected chi connectivity index (χ0v) is 15.0. The molecule has 20 heavy (non-hydrogen) atoms. The van der Waals surface area contributed by atoms with Gasteiger partial charge in [-0.1, -0.05) is 57.7 Å². The first-order valence-electron chi connectivity index (χ1n) is 8.22. The molecule has 1 fully saturated rings. The summed E-state index contributed by atoms with van der Waals surface area (Å²) in [6.07, 6.45) is 14.1. The Morgan fingerprint density at radius 3 is 2.15 bits per heavy atom. The molecule has 1 rings (SSSR count). The van der Waals surface area contributed by atoms with E-state index in [0.717, 1.165) is 25.9 Å². The van der Waals surface area contributed by atoms with Crippen LogP contribution in [0, 0.1) is 0 Å². The molecule has 0 aliphatic carbocycles. The van der Waals surface area contributed by atoms with E-state index < -0.39 is 0 Å². The summed E-state index contributed by atoms with van der Waals surface area (Å²) in [4.78, 5) is 3.30. The highest BCUT2D eigenvalue weighted by Gasteiger charge is 2.36. The zero-order valence-electron chi connectivity index (χ0n) is 13.3. The summed E-state index contributed by atoms with van der Waals surface area (Å²) in [6, 6.07) is 0. The van der Waals surface area contributed by atoms with Gasteiger partial charge in [0.2, 0.25) is 0 Å². The van der Waals surface area contributed by atoms with Gasteiger partial charge in [0, 0.05) is 0 Å². The molecule has 0 radical (unpaired) electrons. The molecule has 118 valence electrons. The molecule has 4 heteroatoms. The van der Waals surface area contributed by atoms with Gasteiger partial charge in [-0.05, 0) is 45.2 Å². The fourth-order valence-electron chi connectivity index (χ4n) is 2.98. The van der Waals surface area contributed by atoms with Gasteiger partial charge in [0.1, 0.15) is 0 Å². The summed E-state index contributed by atoms with van der Waals surface area (Å²) >= 11 is 7.11. The Bertz CT molecular complexity index is 274. The number of thioether (sulfide) groups is 1. The highest BCUT2D eigenvalue weighted by Crippen LogP contribution is 2.34. The quantitative estimate of drug-likeness (QED) is 0.482. The first-order chi connectivity index (χ1) is 9.64. The Labute approximate surface area is 135 Å². The number of hydrogen-bond donors (Lipinski definition) is 1. The summed E-state index contributed by atoms with van der Waals surface area (Å²) in [5, 5.41) is 0. The van der Waals surface area contributed by atoms with Gasteiger partial charge in [-0.3, -0.25) is 0 Å². The minimum absolute atomic E-state index is 0.0754. The third kappa shape index (κ3) is 5.90. The standard InChI is InChI=1S/C16H32N2S2/c1-3-4-5-6-7-8-9-12-18-13-10-16(20-2,11-14-18)15(17)19/h3-14H2,1-2H3,(H2,17,19). The molecule has 0 spiro atoms. The first kappa shape index (κ1) is 18.2. The van der Waals surface area contributed by atoms with Gasteiger partial charge < -0.3 is 10.6 Å². The molecule has 0 unspecified atom stereocenters. The second kappa shape index (κ2) is 10.0. The van der Waals surface area contributed by atoms with Gasteiger partial charge in [-0.25, -0.2) is 0 Å². The van der Waals surface area contributed by atoms with Gasteiger partial charge in [0.25, 0.3) is 0 Å². The van der Waals surface area contributed by atoms with E-state index in [1.807, 2.05) is 11.8 Å². The van der Waals surface area contributed by atoms with Crippen LogP contribution in [0.5, 0.6) is 0 Å². The lowest BCUT2D eigenvalue weighted by Gasteiger charge is -2.40. The van der Waals surface area contributed by atoms with Crippen LogP contribution in [0.3, 0.4) is 0 Å². The van der Waals surface area contributed by atoms with Crippen molar-refractivity contribution in [3.63, 3.8) is 0 Å². The van der Waals surface area contributed by atoms with E-state index in [2.05, 4.69) is 18.1 Å². The molecule has 0 aromatic heterocycles. The Kier molecular flexibility index (Phi) is 9.14. The highest BCUT2D eigenvalue weighted by atomic mass is 32.2. The molecule has 1 heterocycles. The van der Waals surface area contributed by atoms with E-state index in [9.17, 15) is 0 Å². The number of likely N-dealkylation sites (tertiary alicyclic amines) is 1. The van der Waals surface area contributed by atoms with Crippen molar-refractivity contribution in [1.82, 2.24) is 4.90 Å². The second-order valence-corrected chi connectivity index (χ2v) is 7.66. The number of nitrogens with zero attached hydrogens (tertiary/aromatic N) is 1. The molecule has 0 aromatic carbocycles. The minimum atomic E-state index is 0.0754. The van der Waals surface area contributed by atoms with E-state index in [-0.39, 0.29) is 4.75 Å². The largest absolute Gasteiger partial charge is 0.392 e. The van der Waals surface area contributed by atoms with Crippen molar-refractivity contribution in [3.05, 3.63) is 0 Å². The number of rotatable bonds is 10. The van der Waals surface area contributed by atoms with E-state index in [1.54, 1.807) is 0 Å². The Balaban J connectivity index is 2.09. The van der Waals surface area contributed by atoms with E-state index in [0.29, 0.717) is 4.99 Å². The SMILES string of the molecule is CCCCCCCCCN1CCC(SC)(C(N)=S)CC1. The van der Waals surface area contributed by atoms with Gasteiger partial charge in [-0.2, -0.15) is 11.8 Å². The third-order valence-corrected chi connectivity index (χ3v) is 6.51. The summed E-state index contributed by atoms with van der Waals surface area (Å²) in [5.41, 5.74) is 5.93. The molecule has 1 saturated heterocycles. The van der Waals surface area contributed by atoms with Crippen LogP contribution in [0.25, 0.3) is 0 Å². The molecule has 2 N–H and O–H groups in total. The summed E-state index contributed by atoms with van der Waals surface area (Å²) in [5.74, 6) is 0. The van der Waals surface area contributed by atoms with Crippen molar-refractivity contribution in [1.29, 1.82) is 0 Å². The van der Waals surface area contributed by atoms with E-state index in [4.69, 9.17) is 18.0 Å². The number of thiocarbonyl (C=S) groups is 1. The summed E-state index contributed by atoms with van der Waals surface area (Å²) in [7, 11) is 0. The number of unbranched alkanes of at least 4 members (excludes halogenated alkanes) is 6. The van der Waals surface area contributed by atoms with Gasteiger partial charge in [-0.15, -0.1) is 0 Å². The molecule has 1 aliphatic heterocycles. The average molecular weight is 317 g/mol. The lowest BCUT2D eigenvalue weighted by molar-refractivity contribution is 0.216. The van der Waals surface area contributed by atoms with Gasteiger partial charge in [0.15, 0.2) is 0 Å². The lowest BCUT2D eigenvalue weighted by atomic mass is 9.95. The maximum absolute atomic E-state index is 5.93. The molecule has 0 aromatic rings. The predicted octanol–water partition coefficient (Wildman–Crippen LogP) is 4.22. The molecular formula is C16H32N2S2. The number of hydrogen-bond acceptors (Lipinski definition) is 3. The molecular weight excluding hydrogens is 284 g/mol. The third-order valence-electron chi connectivity index (χ3n) is 4.58. The van der Waals surface area contributed by atoms with Crippen LogP contribution in [0.15, 0.2) is 0 Å². The normalized spacial score (nSPS) is 19.1. The molecule has 0 bridgehead atoms. The zero-order chi connectivity index (χ0) is 14.8. The average Bonchev–Trinajstić information content (AvgIpc) is 2.47. The minimum Gasteiger partial charge on any atom is -0.392 e. The van der Waals surface area contributed by atoms with Crippen molar-refractivity contribution < 1.29 is 0 Å². The van der Waals surface area contributed by atoms with Crippen LogP contribution in [0.2, 0.25) is 0 Å². The monoisotopic (exact) mass is 316 g/mol. The molecule has 0 atom stereocenters. The topological polar surface area (TPSA) is 29.3 Å². The maximum atomic E-state index is 5.93. The van der Waals surface area contributed by atoms with Crippen molar-refractivity contribution in [3.8, 4) is 0 Å². The van der Waals surface area contributed by atoms with Gasteiger partial charge in [0.05, 0.1) is 9.74 Å². The molecule has 0 saturated carbocycles. The van der Waals surface area contributed by atoms with Crippen LogP contribution in [-0.2, 0) is 0 Å². The second-order valence-electron chi connectivity index (χ2n) is 6.03. The molecule has 2 nitrogen and oxygen atoms in total. The Hall–Kier alpha value is 0.200. The molecule has 1 aliphatic rings. The van der Waals surface area contributed by atoms with Crippen molar-refractivity contribution in [2.45, 2.75) is 69.5 Å². The number of nitrogens with two attached hydrogens (primary N) is 1. The first-order valence-corrected chi connectivity index (χ1v) is 9.85. The van der Waals surface area contributed by atoms with Crippen LogP contribution >= 0.6 is 24.0 Å². The van der Waals surface area contributed by atoms with Crippen molar-refractivity contribution >= 4 is 29.0 Å². The van der Waals surface area contributed by atoms with Gasteiger partial charge >= 0.3 is 0 Å². The Morgan fingerprint density at radius 2 is 1.65 bits per heavy atom. The van der Waals surface area contributed by atoms with Crippen molar-refractivity contribution in [2.75, 3.05) is 25.9 Å². The summed E-state index contributed by atoms with van der Waals surface area (Å²) < 4.78 is 0.0754. The van der Waals surface area contributed by atoms with E-state index >= 15 is 0 Å². The fourth-order valence-corrected chi connectivity index (χ4v) is 4.23. The smallest absolute Gasteiger partial charge is 0.0891 e. The maximum Gasteiger partial charge on any atom is 0.0891 e. The Morgan fingerprint density at radius 1 is 1.10 bits per heavy atom. The van der Waals surface area contributed by atoms with Crippen LogP contribution < -0.4 is 5.73 Å². The molecule has 0 amide bonds. The van der Waals surface area contributed by atoms with Crippen molar-refractivity contribution in [2.24, 2.45) is 5.73 Å². The number of piperidine rings is 1. The summed E-state index contributed by atoms with van der Waals surface area (Å²) in [6.45, 7) is 5.86. The predicted molar refractivity (Wildman–Crippen MR) is 96.7 cm³/mol.